The first kappa shape index (κ1) is 27.4. The Morgan fingerprint density at radius 3 is 2.35 bits per heavy atom. The van der Waals surface area contributed by atoms with Crippen LogP contribution in [0.15, 0.2) is 77.5 Å². The molecule has 0 aliphatic rings. The summed E-state index contributed by atoms with van der Waals surface area (Å²) >= 11 is 7.19. The fourth-order valence-corrected chi connectivity index (χ4v) is 5.55. The molecule has 5 rings (SSSR count). The molecule has 0 unspecified atom stereocenters. The minimum atomic E-state index is -4.58. The molecule has 40 heavy (non-hydrogen) atoms. The summed E-state index contributed by atoms with van der Waals surface area (Å²) in [5, 5.41) is 14.4. The Kier molecular flexibility index (Phi) is 7.35. The van der Waals surface area contributed by atoms with Gasteiger partial charge in [0.1, 0.15) is 33.4 Å². The van der Waals surface area contributed by atoms with Gasteiger partial charge in [0, 0.05) is 29.0 Å². The normalized spacial score (nSPS) is 11.8. The molecular formula is C24H13ClF4N6O3S2. The molecule has 0 bridgehead atoms. The van der Waals surface area contributed by atoms with Crippen LogP contribution in [0.1, 0.15) is 5.69 Å². The van der Waals surface area contributed by atoms with E-state index in [2.05, 4.69) is 30.1 Å². The van der Waals surface area contributed by atoms with Gasteiger partial charge in [-0.05, 0) is 35.9 Å². The zero-order chi connectivity index (χ0) is 28.5. The van der Waals surface area contributed by atoms with Crippen molar-refractivity contribution in [3.05, 3.63) is 89.2 Å². The summed E-state index contributed by atoms with van der Waals surface area (Å²) in [5.74, 6) is -1.17. The lowest BCUT2D eigenvalue weighted by Gasteiger charge is -2.15. The highest BCUT2D eigenvalue weighted by molar-refractivity contribution is 7.93. The maximum absolute atomic E-state index is 15.0. The molecule has 16 heteroatoms. The van der Waals surface area contributed by atoms with Gasteiger partial charge in [-0.25, -0.2) is 12.8 Å². The molecule has 0 aliphatic heterocycles. The number of ether oxygens (including phenoxy) is 1. The van der Waals surface area contributed by atoms with Gasteiger partial charge in [0.15, 0.2) is 0 Å². The van der Waals surface area contributed by atoms with Crippen molar-refractivity contribution in [1.82, 2.24) is 25.4 Å². The summed E-state index contributed by atoms with van der Waals surface area (Å²) in [4.78, 5) is 2.76. The highest BCUT2D eigenvalue weighted by atomic mass is 35.5. The highest BCUT2D eigenvalue weighted by Crippen LogP contribution is 2.40. The van der Waals surface area contributed by atoms with Gasteiger partial charge in [-0.1, -0.05) is 35.1 Å². The Bertz CT molecular complexity index is 1770. The van der Waals surface area contributed by atoms with E-state index in [4.69, 9.17) is 16.3 Å². The molecule has 0 amide bonds. The Hall–Kier alpha value is -4.21. The van der Waals surface area contributed by atoms with Gasteiger partial charge in [-0.3, -0.25) is 9.71 Å². The van der Waals surface area contributed by atoms with Crippen LogP contribution in [-0.2, 0) is 16.2 Å². The number of hydrogen-bond acceptors (Lipinski definition) is 9. The zero-order valence-corrected chi connectivity index (χ0v) is 22.0. The molecule has 3 aromatic heterocycles. The molecule has 5 aromatic rings. The van der Waals surface area contributed by atoms with Crippen molar-refractivity contribution in [2.24, 2.45) is 0 Å². The Labute approximate surface area is 232 Å². The number of anilines is 1. The molecule has 0 radical (unpaired) electrons. The summed E-state index contributed by atoms with van der Waals surface area (Å²) < 4.78 is 87.1. The van der Waals surface area contributed by atoms with Gasteiger partial charge in [0.25, 0.3) is 10.0 Å². The lowest BCUT2D eigenvalue weighted by atomic mass is 10.00. The van der Waals surface area contributed by atoms with E-state index in [1.54, 1.807) is 18.2 Å². The van der Waals surface area contributed by atoms with Crippen LogP contribution in [0.25, 0.3) is 22.3 Å². The molecule has 1 N–H and O–H groups in total. The largest absolute Gasteiger partial charge is 0.455 e. The maximum atomic E-state index is 15.0. The lowest BCUT2D eigenvalue weighted by molar-refractivity contribution is -0.141. The summed E-state index contributed by atoms with van der Waals surface area (Å²) in [6, 6.07) is 10.1. The number of rotatable bonds is 7. The quantitative estimate of drug-likeness (QED) is 0.209. The topological polar surface area (TPSA) is 120 Å². The molecule has 0 fully saturated rings. The number of hydrogen-bond donors (Lipinski definition) is 1. The number of aromatic nitrogens is 5. The number of alkyl halides is 3. The van der Waals surface area contributed by atoms with Crippen LogP contribution in [-0.4, -0.2) is 33.8 Å². The number of pyridine rings is 1. The van der Waals surface area contributed by atoms with Crippen LogP contribution >= 0.6 is 22.9 Å². The summed E-state index contributed by atoms with van der Waals surface area (Å²) in [6.45, 7) is 0. The fraction of sp³-hybridized carbons (Fsp3) is 0.0417. The third-order valence-corrected chi connectivity index (χ3v) is 7.72. The highest BCUT2D eigenvalue weighted by Gasteiger charge is 2.32. The molecule has 0 saturated carbocycles. The van der Waals surface area contributed by atoms with Crippen molar-refractivity contribution in [2.45, 2.75) is 11.1 Å². The molecule has 0 aliphatic carbocycles. The number of sulfonamides is 1. The van der Waals surface area contributed by atoms with E-state index in [-0.39, 0.29) is 21.7 Å². The molecule has 0 atom stereocenters. The number of nitrogens with one attached hydrogen (secondary N) is 1. The average molecular weight is 609 g/mol. The van der Waals surface area contributed by atoms with Crippen LogP contribution < -0.4 is 9.46 Å². The van der Waals surface area contributed by atoms with Gasteiger partial charge in [-0.2, -0.15) is 23.4 Å². The molecule has 0 spiro atoms. The van der Waals surface area contributed by atoms with E-state index < -0.39 is 32.6 Å². The number of benzene rings is 2. The van der Waals surface area contributed by atoms with E-state index in [9.17, 15) is 26.0 Å². The lowest BCUT2D eigenvalue weighted by Crippen LogP contribution is -2.14. The first-order chi connectivity index (χ1) is 19.0. The molecule has 0 saturated heterocycles. The minimum Gasteiger partial charge on any atom is -0.455 e. The van der Waals surface area contributed by atoms with Crippen molar-refractivity contribution in [3.8, 4) is 33.8 Å². The van der Waals surface area contributed by atoms with Gasteiger partial charge in [0.2, 0.25) is 5.13 Å². The van der Waals surface area contributed by atoms with E-state index in [0.29, 0.717) is 22.3 Å². The Morgan fingerprint density at radius 1 is 0.900 bits per heavy atom. The van der Waals surface area contributed by atoms with E-state index >= 15 is 0 Å². The summed E-state index contributed by atoms with van der Waals surface area (Å²) in [6.07, 6.45) is -0.646. The van der Waals surface area contributed by atoms with Gasteiger partial charge in [-0.15, -0.1) is 10.2 Å². The monoisotopic (exact) mass is 608 g/mol. The second-order valence-corrected chi connectivity index (χ2v) is 10.8. The Balaban J connectivity index is 1.51. The number of halogens is 5. The van der Waals surface area contributed by atoms with Crippen molar-refractivity contribution in [2.75, 3.05) is 4.72 Å². The Morgan fingerprint density at radius 2 is 1.70 bits per heavy atom. The first-order valence-electron chi connectivity index (χ1n) is 10.9. The average Bonchev–Trinajstić information content (AvgIpc) is 3.43. The van der Waals surface area contributed by atoms with Crippen molar-refractivity contribution in [1.29, 1.82) is 0 Å². The van der Waals surface area contributed by atoms with E-state index in [0.717, 1.165) is 35.7 Å². The van der Waals surface area contributed by atoms with Crippen LogP contribution in [0, 0.1) is 5.82 Å². The third kappa shape index (κ3) is 5.85. The van der Waals surface area contributed by atoms with Gasteiger partial charge >= 0.3 is 6.18 Å². The van der Waals surface area contributed by atoms with Gasteiger partial charge in [0.05, 0.1) is 17.4 Å². The molecular weight excluding hydrogens is 596 g/mol. The minimum absolute atomic E-state index is 0.0604. The zero-order valence-electron chi connectivity index (χ0n) is 19.6. The van der Waals surface area contributed by atoms with Crippen molar-refractivity contribution in [3.63, 3.8) is 0 Å². The smallest absolute Gasteiger partial charge is 0.433 e. The SMILES string of the molecule is O=S(=O)(Nc1nncs1)c1cc(Cl)c(Oc2ccc(-c3ccc(C(F)(F)F)nc3)cc2-c2ccnnc2)cc1F. The predicted molar refractivity (Wildman–Crippen MR) is 138 cm³/mol. The second kappa shape index (κ2) is 10.7. The van der Waals surface area contributed by atoms with Crippen LogP contribution in [0.3, 0.4) is 0 Å². The summed E-state index contributed by atoms with van der Waals surface area (Å²) in [5.41, 5.74) is 2.09. The van der Waals surface area contributed by atoms with Crippen LogP contribution in [0.2, 0.25) is 5.02 Å². The number of nitrogens with zero attached hydrogens (tertiary/aromatic N) is 5. The van der Waals surface area contributed by atoms with Crippen LogP contribution in [0.5, 0.6) is 11.5 Å². The molecule has 204 valence electrons. The first-order valence-corrected chi connectivity index (χ1v) is 13.7. The molecule has 2 aromatic carbocycles. The molecule has 9 nitrogen and oxygen atoms in total. The van der Waals surface area contributed by atoms with E-state index in [1.807, 2.05) is 0 Å². The van der Waals surface area contributed by atoms with Crippen molar-refractivity contribution >= 4 is 38.1 Å². The van der Waals surface area contributed by atoms with Crippen molar-refractivity contribution < 1.29 is 30.7 Å². The molecule has 3 heterocycles. The maximum Gasteiger partial charge on any atom is 0.433 e. The van der Waals surface area contributed by atoms with E-state index in [1.165, 1.54) is 30.0 Å². The second-order valence-electron chi connectivity index (χ2n) is 7.94. The third-order valence-electron chi connectivity index (χ3n) is 5.34. The predicted octanol–water partition coefficient (Wildman–Crippen LogP) is 6.46. The fourth-order valence-electron chi connectivity index (χ4n) is 3.51. The standard InChI is InChI=1S/C24H13ClF4N6O3S2/c25-17-8-21(40(36,37)35-23-34-33-12-39-23)18(26)9-20(17)38-19-3-1-13(7-16(19)15-5-6-31-32-11-15)14-2-4-22(30-10-14)24(27,28)29/h1-12H,(H,34,35). The van der Waals surface area contributed by atoms with Crippen LogP contribution in [0.4, 0.5) is 22.7 Å². The van der Waals surface area contributed by atoms with Gasteiger partial charge < -0.3 is 4.74 Å². The summed E-state index contributed by atoms with van der Waals surface area (Å²) in [7, 11) is -4.37.